The maximum absolute atomic E-state index is 13.1. The number of amides is 1. The Balaban J connectivity index is 1.73. The van der Waals surface area contributed by atoms with Crippen LogP contribution in [0.25, 0.3) is 10.9 Å². The highest BCUT2D eigenvalue weighted by atomic mass is 32.2. The summed E-state index contributed by atoms with van der Waals surface area (Å²) in [6.07, 6.45) is 0.634. The van der Waals surface area contributed by atoms with Crippen molar-refractivity contribution in [1.29, 1.82) is 0 Å². The van der Waals surface area contributed by atoms with E-state index in [2.05, 4.69) is 10.3 Å². The minimum atomic E-state index is -3.72. The molecule has 27 heavy (non-hydrogen) atoms. The van der Waals surface area contributed by atoms with Crippen LogP contribution in [0.1, 0.15) is 18.1 Å². The molecule has 2 heterocycles. The average Bonchev–Trinajstić information content (AvgIpc) is 3.03. The van der Waals surface area contributed by atoms with Crippen LogP contribution in [0.5, 0.6) is 0 Å². The van der Waals surface area contributed by atoms with Gasteiger partial charge in [-0.2, -0.15) is 0 Å². The lowest BCUT2D eigenvalue weighted by Crippen LogP contribution is -2.29. The fraction of sp³-hybridized carbons (Fsp3) is 0.200. The summed E-state index contributed by atoms with van der Waals surface area (Å²) < 4.78 is 27.6. The molecule has 0 bridgehead atoms. The lowest BCUT2D eigenvalue weighted by molar-refractivity contribution is -0.114. The van der Waals surface area contributed by atoms with Gasteiger partial charge < -0.3 is 5.32 Å². The van der Waals surface area contributed by atoms with Crippen LogP contribution in [0.3, 0.4) is 0 Å². The van der Waals surface area contributed by atoms with E-state index in [9.17, 15) is 13.2 Å². The Morgan fingerprint density at radius 1 is 1.11 bits per heavy atom. The van der Waals surface area contributed by atoms with Crippen LogP contribution in [0.15, 0.2) is 53.4 Å². The van der Waals surface area contributed by atoms with Crippen molar-refractivity contribution < 1.29 is 13.2 Å². The van der Waals surface area contributed by atoms with Gasteiger partial charge in [0.15, 0.2) is 0 Å². The molecule has 0 atom stereocenters. The number of hydrogen-bond donors (Lipinski definition) is 1. The summed E-state index contributed by atoms with van der Waals surface area (Å²) >= 11 is 0. The van der Waals surface area contributed by atoms with Crippen molar-refractivity contribution in [3.8, 4) is 0 Å². The third-order valence-corrected chi connectivity index (χ3v) is 6.42. The zero-order chi connectivity index (χ0) is 19.2. The van der Waals surface area contributed by atoms with Crippen LogP contribution in [0.2, 0.25) is 0 Å². The predicted octanol–water partition coefficient (Wildman–Crippen LogP) is 3.25. The van der Waals surface area contributed by atoms with Crippen molar-refractivity contribution in [2.75, 3.05) is 16.2 Å². The van der Waals surface area contributed by atoms with Crippen molar-refractivity contribution in [3.05, 3.63) is 59.7 Å². The Hall–Kier alpha value is -2.93. The van der Waals surface area contributed by atoms with Crippen molar-refractivity contribution in [2.24, 2.45) is 0 Å². The van der Waals surface area contributed by atoms with E-state index < -0.39 is 10.0 Å². The largest absolute Gasteiger partial charge is 0.326 e. The Bertz CT molecular complexity index is 1160. The molecule has 0 unspecified atom stereocenters. The van der Waals surface area contributed by atoms with Gasteiger partial charge in [0.2, 0.25) is 5.91 Å². The standard InChI is InChI=1S/C20H19N3O3S/c1-13-3-4-15-12-16-9-10-23(20(16)22-19(15)11-13)27(25,26)18-7-5-17(6-8-18)21-14(2)24/h3-8,11-12H,9-10H2,1-2H3,(H,21,24). The first-order chi connectivity index (χ1) is 12.8. The van der Waals surface area contributed by atoms with E-state index in [0.29, 0.717) is 24.5 Å². The summed E-state index contributed by atoms with van der Waals surface area (Å²) in [5.41, 5.74) is 3.36. The first-order valence-electron chi connectivity index (χ1n) is 8.65. The fourth-order valence-corrected chi connectivity index (χ4v) is 4.77. The van der Waals surface area contributed by atoms with Crippen molar-refractivity contribution in [3.63, 3.8) is 0 Å². The van der Waals surface area contributed by atoms with E-state index >= 15 is 0 Å². The number of nitrogens with one attached hydrogen (secondary N) is 1. The first kappa shape index (κ1) is 17.5. The summed E-state index contributed by atoms with van der Waals surface area (Å²) in [7, 11) is -3.72. The second-order valence-corrected chi connectivity index (χ2v) is 8.56. The first-order valence-corrected chi connectivity index (χ1v) is 10.1. The number of carbonyl (C=O) groups excluding carboxylic acids is 1. The van der Waals surface area contributed by atoms with Crippen molar-refractivity contribution >= 4 is 38.3 Å². The predicted molar refractivity (Wildman–Crippen MR) is 105 cm³/mol. The van der Waals surface area contributed by atoms with Crippen LogP contribution in [0, 0.1) is 6.92 Å². The highest BCUT2D eigenvalue weighted by Gasteiger charge is 2.32. The van der Waals surface area contributed by atoms with E-state index in [-0.39, 0.29) is 10.8 Å². The Labute approximate surface area is 157 Å². The molecule has 7 heteroatoms. The molecule has 1 N–H and O–H groups in total. The molecule has 0 radical (unpaired) electrons. The maximum Gasteiger partial charge on any atom is 0.265 e. The molecule has 3 aromatic rings. The molecule has 1 amide bonds. The number of aromatic nitrogens is 1. The summed E-state index contributed by atoms with van der Waals surface area (Å²) in [6.45, 7) is 3.76. The van der Waals surface area contributed by atoms with E-state index in [4.69, 9.17) is 0 Å². The second kappa shape index (κ2) is 6.35. The van der Waals surface area contributed by atoms with Gasteiger partial charge in [0.1, 0.15) is 5.82 Å². The Kier molecular flexibility index (Phi) is 4.11. The number of fused-ring (bicyclic) bond motifs is 2. The number of hydrogen-bond acceptors (Lipinski definition) is 4. The molecule has 0 fully saturated rings. The highest BCUT2D eigenvalue weighted by molar-refractivity contribution is 7.92. The molecule has 1 aliphatic heterocycles. The van der Waals surface area contributed by atoms with Gasteiger partial charge in [-0.25, -0.2) is 17.7 Å². The van der Waals surface area contributed by atoms with Gasteiger partial charge in [-0.3, -0.25) is 4.79 Å². The average molecular weight is 381 g/mol. The van der Waals surface area contributed by atoms with Crippen LogP contribution >= 0.6 is 0 Å². The minimum Gasteiger partial charge on any atom is -0.326 e. The SMILES string of the molecule is CC(=O)Nc1ccc(S(=O)(=O)N2CCc3cc4ccc(C)cc4nc32)cc1. The molecule has 6 nitrogen and oxygen atoms in total. The molecule has 4 rings (SSSR count). The molecule has 138 valence electrons. The van der Waals surface area contributed by atoms with Gasteiger partial charge in [0.05, 0.1) is 10.4 Å². The quantitative estimate of drug-likeness (QED) is 0.755. The topological polar surface area (TPSA) is 79.4 Å². The second-order valence-electron chi connectivity index (χ2n) is 6.70. The van der Waals surface area contributed by atoms with Crippen molar-refractivity contribution in [1.82, 2.24) is 4.98 Å². The number of pyridine rings is 1. The summed E-state index contributed by atoms with van der Waals surface area (Å²) in [6, 6.07) is 14.2. The van der Waals surface area contributed by atoms with E-state index in [1.54, 1.807) is 12.1 Å². The summed E-state index contributed by atoms with van der Waals surface area (Å²) in [5.74, 6) is 0.296. The molecular weight excluding hydrogens is 362 g/mol. The molecule has 0 saturated heterocycles. The van der Waals surface area contributed by atoms with Gasteiger partial charge in [-0.15, -0.1) is 0 Å². The van der Waals surface area contributed by atoms with Crippen molar-refractivity contribution in [2.45, 2.75) is 25.2 Å². The Morgan fingerprint density at radius 2 is 1.85 bits per heavy atom. The van der Waals surface area contributed by atoms with Crippen LogP contribution in [0.4, 0.5) is 11.5 Å². The maximum atomic E-state index is 13.1. The van der Waals surface area contributed by atoms with Gasteiger partial charge in [0, 0.05) is 24.5 Å². The minimum absolute atomic E-state index is 0.176. The number of benzene rings is 2. The molecule has 0 spiro atoms. The number of nitrogens with zero attached hydrogens (tertiary/aromatic N) is 2. The molecule has 0 saturated carbocycles. The van der Waals surface area contributed by atoms with Crippen LogP contribution in [-0.2, 0) is 21.2 Å². The molecule has 1 aliphatic rings. The molecule has 2 aromatic carbocycles. The molecular formula is C20H19N3O3S. The van der Waals surface area contributed by atoms with Gasteiger partial charge in [0.25, 0.3) is 10.0 Å². The molecule has 1 aromatic heterocycles. The summed E-state index contributed by atoms with van der Waals surface area (Å²) in [4.78, 5) is 15.9. The number of sulfonamides is 1. The normalized spacial score (nSPS) is 13.6. The third kappa shape index (κ3) is 3.14. The van der Waals surface area contributed by atoms with Gasteiger partial charge in [-0.1, -0.05) is 12.1 Å². The smallest absolute Gasteiger partial charge is 0.265 e. The van der Waals surface area contributed by atoms with E-state index in [0.717, 1.165) is 22.0 Å². The van der Waals surface area contributed by atoms with E-state index in [1.165, 1.54) is 23.4 Å². The van der Waals surface area contributed by atoms with E-state index in [1.807, 2.05) is 31.2 Å². The highest BCUT2D eigenvalue weighted by Crippen LogP contribution is 2.34. The zero-order valence-electron chi connectivity index (χ0n) is 15.1. The number of carbonyl (C=O) groups is 1. The Morgan fingerprint density at radius 3 is 2.56 bits per heavy atom. The number of anilines is 2. The fourth-order valence-electron chi connectivity index (χ4n) is 3.31. The van der Waals surface area contributed by atoms with Crippen LogP contribution in [-0.4, -0.2) is 25.9 Å². The number of aryl methyl sites for hydroxylation is 1. The monoisotopic (exact) mass is 381 g/mol. The molecule has 0 aliphatic carbocycles. The number of rotatable bonds is 3. The zero-order valence-corrected chi connectivity index (χ0v) is 15.9. The third-order valence-electron chi connectivity index (χ3n) is 4.61. The van der Waals surface area contributed by atoms with Gasteiger partial charge in [-0.05, 0) is 60.9 Å². The van der Waals surface area contributed by atoms with Crippen LogP contribution < -0.4 is 9.62 Å². The summed E-state index contributed by atoms with van der Waals surface area (Å²) in [5, 5.41) is 3.65. The lowest BCUT2D eigenvalue weighted by Gasteiger charge is -2.19. The van der Waals surface area contributed by atoms with Gasteiger partial charge >= 0.3 is 0 Å². The lowest BCUT2D eigenvalue weighted by atomic mass is 10.1.